The van der Waals surface area contributed by atoms with Gasteiger partial charge in [-0.1, -0.05) is 62.4 Å². The van der Waals surface area contributed by atoms with Crippen molar-refractivity contribution in [1.82, 2.24) is 10.2 Å². The quantitative estimate of drug-likeness (QED) is 0.438. The molecule has 3 aromatic rings. The number of amides is 2. The van der Waals surface area contributed by atoms with Crippen molar-refractivity contribution < 1.29 is 19.1 Å². The van der Waals surface area contributed by atoms with Gasteiger partial charge < -0.3 is 19.7 Å². The Labute approximate surface area is 201 Å². The van der Waals surface area contributed by atoms with Crippen LogP contribution in [-0.4, -0.2) is 42.5 Å². The molecule has 3 aromatic carbocycles. The summed E-state index contributed by atoms with van der Waals surface area (Å²) in [6, 6.07) is 20.6. The molecule has 6 heteroatoms. The summed E-state index contributed by atoms with van der Waals surface area (Å²) >= 11 is 0. The van der Waals surface area contributed by atoms with Crippen LogP contribution in [0.5, 0.6) is 11.5 Å². The van der Waals surface area contributed by atoms with Crippen molar-refractivity contribution in [2.24, 2.45) is 0 Å². The number of nitrogens with one attached hydrogen (secondary N) is 1. The van der Waals surface area contributed by atoms with Crippen LogP contribution in [0.1, 0.15) is 39.2 Å². The zero-order valence-corrected chi connectivity index (χ0v) is 20.4. The van der Waals surface area contributed by atoms with Gasteiger partial charge in [0.25, 0.3) is 5.91 Å². The summed E-state index contributed by atoms with van der Waals surface area (Å²) in [5.41, 5.74) is 0.882. The van der Waals surface area contributed by atoms with Gasteiger partial charge in [-0.3, -0.25) is 9.59 Å². The third-order valence-corrected chi connectivity index (χ3v) is 5.97. The van der Waals surface area contributed by atoms with Crippen molar-refractivity contribution in [2.45, 2.75) is 52.2 Å². The van der Waals surface area contributed by atoms with E-state index in [9.17, 15) is 9.59 Å². The molecule has 0 unspecified atom stereocenters. The number of carbonyl (C=O) groups excluding carboxylic acids is 2. The second kappa shape index (κ2) is 12.1. The molecule has 34 heavy (non-hydrogen) atoms. The second-order valence-electron chi connectivity index (χ2n) is 8.38. The molecule has 2 atom stereocenters. The van der Waals surface area contributed by atoms with Gasteiger partial charge in [0.15, 0.2) is 6.61 Å². The zero-order valence-electron chi connectivity index (χ0n) is 20.4. The van der Waals surface area contributed by atoms with Gasteiger partial charge in [0.05, 0.1) is 7.11 Å². The molecule has 0 saturated carbocycles. The molecule has 0 fully saturated rings. The summed E-state index contributed by atoms with van der Waals surface area (Å²) in [7, 11) is 1.61. The lowest BCUT2D eigenvalue weighted by Gasteiger charge is -2.31. The topological polar surface area (TPSA) is 67.9 Å². The van der Waals surface area contributed by atoms with Gasteiger partial charge in [0.1, 0.15) is 17.5 Å². The Kier molecular flexibility index (Phi) is 8.91. The van der Waals surface area contributed by atoms with E-state index in [1.165, 1.54) is 0 Å². The lowest BCUT2D eigenvalue weighted by atomic mass is 10.1. The predicted octanol–water partition coefficient (Wildman–Crippen LogP) is 4.95. The highest BCUT2D eigenvalue weighted by Crippen LogP contribution is 2.25. The summed E-state index contributed by atoms with van der Waals surface area (Å²) < 4.78 is 11.3. The molecule has 0 aliphatic carbocycles. The Hall–Kier alpha value is -3.54. The van der Waals surface area contributed by atoms with Gasteiger partial charge in [0.2, 0.25) is 5.91 Å². The number of hydrogen-bond donors (Lipinski definition) is 1. The first kappa shape index (κ1) is 25.1. The standard InChI is InChI=1S/C28H34N2O4/c1-5-20(3)29-28(32)25(6-2)30(18-21-11-9-14-23(17-21)33-4)27(31)19-34-26-16-10-13-22-12-7-8-15-24(22)26/h7-17,20,25H,5-6,18-19H2,1-4H3,(H,29,32)/t20-,25+/m1/s1. The van der Waals surface area contributed by atoms with Crippen molar-refractivity contribution in [3.63, 3.8) is 0 Å². The van der Waals surface area contributed by atoms with Crippen LogP contribution in [-0.2, 0) is 16.1 Å². The van der Waals surface area contributed by atoms with E-state index in [2.05, 4.69) is 5.32 Å². The SMILES string of the molecule is CC[C@@H](C)NC(=O)[C@H](CC)N(Cc1cccc(OC)c1)C(=O)COc1cccc2ccccc12. The van der Waals surface area contributed by atoms with Crippen LogP contribution < -0.4 is 14.8 Å². The van der Waals surface area contributed by atoms with Crippen LogP contribution >= 0.6 is 0 Å². The molecule has 0 radical (unpaired) electrons. The molecular formula is C28H34N2O4. The largest absolute Gasteiger partial charge is 0.497 e. The summed E-state index contributed by atoms with van der Waals surface area (Å²) in [6.45, 7) is 6.01. The van der Waals surface area contributed by atoms with Gasteiger partial charge in [-0.05, 0) is 48.9 Å². The smallest absolute Gasteiger partial charge is 0.261 e. The number of hydrogen-bond acceptors (Lipinski definition) is 4. The molecule has 0 aliphatic rings. The average Bonchev–Trinajstić information content (AvgIpc) is 2.87. The van der Waals surface area contributed by atoms with Crippen molar-refractivity contribution in [2.75, 3.05) is 13.7 Å². The zero-order chi connectivity index (χ0) is 24.5. The predicted molar refractivity (Wildman–Crippen MR) is 135 cm³/mol. The maximum atomic E-state index is 13.5. The fourth-order valence-electron chi connectivity index (χ4n) is 3.87. The molecule has 2 amide bonds. The molecule has 1 N–H and O–H groups in total. The minimum Gasteiger partial charge on any atom is -0.497 e. The maximum absolute atomic E-state index is 13.5. The van der Waals surface area contributed by atoms with E-state index >= 15 is 0 Å². The first-order valence-corrected chi connectivity index (χ1v) is 11.8. The number of nitrogens with zero attached hydrogens (tertiary/aromatic N) is 1. The van der Waals surface area contributed by atoms with E-state index in [1.807, 2.05) is 87.5 Å². The van der Waals surface area contributed by atoms with E-state index < -0.39 is 6.04 Å². The number of ether oxygens (including phenoxy) is 2. The Morgan fingerprint density at radius 3 is 2.44 bits per heavy atom. The summed E-state index contributed by atoms with van der Waals surface area (Å²) in [5, 5.41) is 5.01. The Balaban J connectivity index is 1.84. The molecule has 0 aliphatic heterocycles. The van der Waals surface area contributed by atoms with Crippen molar-refractivity contribution in [3.05, 3.63) is 72.3 Å². The number of carbonyl (C=O) groups is 2. The highest BCUT2D eigenvalue weighted by Gasteiger charge is 2.29. The summed E-state index contributed by atoms with van der Waals surface area (Å²) in [6.07, 6.45) is 1.31. The first-order chi connectivity index (χ1) is 16.5. The Morgan fingerprint density at radius 2 is 1.71 bits per heavy atom. The van der Waals surface area contributed by atoms with Crippen LogP contribution in [0, 0.1) is 0 Å². The Bertz CT molecular complexity index is 1110. The molecule has 180 valence electrons. The fraction of sp³-hybridized carbons (Fsp3) is 0.357. The fourth-order valence-corrected chi connectivity index (χ4v) is 3.87. The minimum absolute atomic E-state index is 0.0299. The van der Waals surface area contributed by atoms with E-state index in [-0.39, 0.29) is 31.0 Å². The number of methoxy groups -OCH3 is 1. The number of rotatable bonds is 11. The highest BCUT2D eigenvalue weighted by atomic mass is 16.5. The molecule has 0 bridgehead atoms. The highest BCUT2D eigenvalue weighted by molar-refractivity contribution is 5.90. The van der Waals surface area contributed by atoms with Crippen molar-refractivity contribution in [3.8, 4) is 11.5 Å². The van der Waals surface area contributed by atoms with E-state index in [0.717, 1.165) is 22.8 Å². The third kappa shape index (κ3) is 6.28. The van der Waals surface area contributed by atoms with E-state index in [4.69, 9.17) is 9.47 Å². The monoisotopic (exact) mass is 462 g/mol. The lowest BCUT2D eigenvalue weighted by molar-refractivity contribution is -0.143. The maximum Gasteiger partial charge on any atom is 0.261 e. The first-order valence-electron chi connectivity index (χ1n) is 11.8. The normalized spacial score (nSPS) is 12.6. The van der Waals surface area contributed by atoms with Crippen LogP contribution in [0.4, 0.5) is 0 Å². The molecule has 3 rings (SSSR count). The number of benzene rings is 3. The van der Waals surface area contributed by atoms with Gasteiger partial charge in [-0.15, -0.1) is 0 Å². The molecule has 0 saturated heterocycles. The molecule has 6 nitrogen and oxygen atoms in total. The molecule has 0 aromatic heterocycles. The summed E-state index contributed by atoms with van der Waals surface area (Å²) in [5.74, 6) is 0.944. The lowest BCUT2D eigenvalue weighted by Crippen LogP contribution is -2.51. The van der Waals surface area contributed by atoms with Gasteiger partial charge in [-0.2, -0.15) is 0 Å². The van der Waals surface area contributed by atoms with Gasteiger partial charge >= 0.3 is 0 Å². The third-order valence-electron chi connectivity index (χ3n) is 5.97. The number of fused-ring (bicyclic) bond motifs is 1. The Morgan fingerprint density at radius 1 is 0.971 bits per heavy atom. The van der Waals surface area contributed by atoms with Crippen molar-refractivity contribution in [1.29, 1.82) is 0 Å². The van der Waals surface area contributed by atoms with Crippen LogP contribution in [0.3, 0.4) is 0 Å². The summed E-state index contributed by atoms with van der Waals surface area (Å²) in [4.78, 5) is 28.2. The second-order valence-corrected chi connectivity index (χ2v) is 8.38. The van der Waals surface area contributed by atoms with Gasteiger partial charge in [-0.25, -0.2) is 0 Å². The molecule has 0 spiro atoms. The van der Waals surface area contributed by atoms with Gasteiger partial charge in [0, 0.05) is 18.0 Å². The minimum atomic E-state index is -0.608. The van der Waals surface area contributed by atoms with E-state index in [1.54, 1.807) is 12.0 Å². The van der Waals surface area contributed by atoms with Crippen LogP contribution in [0.25, 0.3) is 10.8 Å². The van der Waals surface area contributed by atoms with Crippen LogP contribution in [0.15, 0.2) is 66.7 Å². The van der Waals surface area contributed by atoms with Crippen LogP contribution in [0.2, 0.25) is 0 Å². The van der Waals surface area contributed by atoms with E-state index in [0.29, 0.717) is 17.9 Å². The molecular weight excluding hydrogens is 428 g/mol. The molecule has 0 heterocycles. The van der Waals surface area contributed by atoms with Crippen molar-refractivity contribution >= 4 is 22.6 Å². The average molecular weight is 463 g/mol.